The second-order valence-electron chi connectivity index (χ2n) is 2.04. The van der Waals surface area contributed by atoms with Gasteiger partial charge >= 0.3 is 57.4 Å². The van der Waals surface area contributed by atoms with Gasteiger partial charge in [0.15, 0.2) is 0 Å². The van der Waals surface area contributed by atoms with Crippen LogP contribution in [0.25, 0.3) is 0 Å². The summed E-state index contributed by atoms with van der Waals surface area (Å²) in [4.78, 5) is 0. The summed E-state index contributed by atoms with van der Waals surface area (Å²) in [5.74, 6) is 0. The maximum absolute atomic E-state index is 8.52. The van der Waals surface area contributed by atoms with Crippen LogP contribution in [0.1, 0.15) is 5.71 Å². The van der Waals surface area contributed by atoms with E-state index >= 15 is 0 Å². The van der Waals surface area contributed by atoms with Crippen LogP contribution in [0.2, 0.25) is 0 Å². The van der Waals surface area contributed by atoms with Crippen LogP contribution in [-0.2, 0) is 52.0 Å². The first-order chi connectivity index (χ1) is 10.0. The zero-order valence-electron chi connectivity index (χ0n) is 15.4. The molecule has 0 saturated carbocycles. The Morgan fingerprint density at radius 1 is 0.296 bits per heavy atom. The van der Waals surface area contributed by atoms with Gasteiger partial charge in [-0.1, -0.05) is 0 Å². The van der Waals surface area contributed by atoms with E-state index in [0.717, 1.165) is 0 Å². The van der Waals surface area contributed by atoms with E-state index in [4.69, 9.17) is 87.6 Å². The Morgan fingerprint density at radius 3 is 0.296 bits per heavy atom. The van der Waals surface area contributed by atoms with Gasteiger partial charge in [0.2, 0.25) is 0 Å². The fourth-order valence-electron chi connectivity index (χ4n) is 0. The number of hydrogen-bond acceptors (Lipinski definition) is 20. The van der Waals surface area contributed by atoms with E-state index in [0.29, 0.717) is 0 Å². The first-order valence-corrected chi connectivity index (χ1v) is 10.0. The van der Waals surface area contributed by atoms with E-state index in [2.05, 4.69) is 0 Å². The van der Waals surface area contributed by atoms with E-state index in [1.807, 2.05) is 0 Å². The molecule has 0 aromatic heterocycles. The molecule has 0 spiro atoms. The van der Waals surface area contributed by atoms with Crippen LogP contribution in [-0.4, -0.2) is 139 Å². The Balaban J connectivity index is -0.0000000171. The fraction of sp³-hybridized carbons (Fsp3) is 0. The van der Waals surface area contributed by atoms with Gasteiger partial charge in [0.25, 0.3) is 0 Å². The molecule has 0 saturated heterocycles. The molecule has 0 aliphatic carbocycles. The van der Waals surface area contributed by atoms with Gasteiger partial charge in [-0.25, -0.2) is 0 Å². The van der Waals surface area contributed by atoms with Crippen LogP contribution in [0.3, 0.4) is 0 Å². The normalized spacial score (nSPS) is 10.7. The quantitative estimate of drug-likeness (QED) is 0.166. The van der Waals surface area contributed by atoms with E-state index in [9.17, 15) is 0 Å². The van der Waals surface area contributed by atoms with Gasteiger partial charge in [-0.2, -0.15) is 0 Å². The van der Waals surface area contributed by atoms with Crippen LogP contribution in [0.4, 0.5) is 0 Å². The first-order valence-electron chi connectivity index (χ1n) is 3.33. The van der Waals surface area contributed by atoms with Crippen LogP contribution in [0, 0.1) is 0 Å². The molecule has 0 aromatic carbocycles. The third-order valence-electron chi connectivity index (χ3n) is 0. The number of rotatable bonds is 0. The monoisotopic (exact) mass is 714 g/mol. The summed E-state index contributed by atoms with van der Waals surface area (Å²) in [7, 11) is -25.8. The van der Waals surface area contributed by atoms with Crippen molar-refractivity contribution in [2.45, 2.75) is 0 Å². The van der Waals surface area contributed by atoms with Crippen molar-refractivity contribution in [2.24, 2.45) is 0 Å². The Labute approximate surface area is 195 Å². The van der Waals surface area contributed by atoms with Gasteiger partial charge < -0.3 is 45.5 Å². The third-order valence-corrected chi connectivity index (χ3v) is 0. The molecular formula is H4In2O20S5. The van der Waals surface area contributed by atoms with Gasteiger partial charge in [0, 0.05) is 52.0 Å². The van der Waals surface area contributed by atoms with Gasteiger partial charge in [0.05, 0.1) is 0 Å². The van der Waals surface area contributed by atoms with Crippen molar-refractivity contribution in [3.05, 3.63) is 0 Å². The van der Waals surface area contributed by atoms with E-state index in [1.165, 1.54) is 0 Å². The Kier molecular flexibility index (Phi) is 32.7. The summed E-state index contributed by atoms with van der Waals surface area (Å²) in [6.07, 6.45) is 0. The van der Waals surface area contributed by atoms with Crippen molar-refractivity contribution >= 4 is 104 Å². The van der Waals surface area contributed by atoms with Crippen molar-refractivity contribution in [2.75, 3.05) is 0 Å². The van der Waals surface area contributed by atoms with Crippen molar-refractivity contribution in [1.82, 2.24) is 0 Å². The molecule has 0 radical (unpaired) electrons. The summed E-state index contributed by atoms with van der Waals surface area (Å²) >= 11 is 0. The van der Waals surface area contributed by atoms with Crippen molar-refractivity contribution in [3.8, 4) is 0 Å². The topological polar surface area (TPSA) is 401 Å². The van der Waals surface area contributed by atoms with E-state index in [1.54, 1.807) is 0 Å². The van der Waals surface area contributed by atoms with Gasteiger partial charge in [-0.3, -0.25) is 42.1 Å². The van der Waals surface area contributed by atoms with Gasteiger partial charge in [-0.05, 0) is 0 Å². The van der Waals surface area contributed by atoms with E-state index < -0.39 is 52.0 Å². The predicted molar refractivity (Wildman–Crippen MR) is 68.3 cm³/mol. The summed E-state index contributed by atoms with van der Waals surface area (Å²) in [5.41, 5.74) is 0. The molecule has 0 atom stereocenters. The van der Waals surface area contributed by atoms with Crippen LogP contribution in [0.15, 0.2) is 0 Å². The molecule has 0 aromatic rings. The molecule has 27 heavy (non-hydrogen) atoms. The molecule has 0 fully saturated rings. The fourth-order valence-corrected chi connectivity index (χ4v) is 0. The minimum Gasteiger partial charge on any atom is -0.759 e. The van der Waals surface area contributed by atoms with Gasteiger partial charge in [0.1, 0.15) is 0 Å². The largest absolute Gasteiger partial charge is 3.00 e. The van der Waals surface area contributed by atoms with Crippen molar-refractivity contribution in [3.63, 3.8) is 0 Å². The third kappa shape index (κ3) is 14300. The zero-order chi connectivity index (χ0) is 22.5. The molecule has 0 aliphatic heterocycles. The van der Waals surface area contributed by atoms with Gasteiger partial charge in [-0.15, -0.1) is 0 Å². The maximum atomic E-state index is 8.52. The standard InChI is InChI=1S/2In.5H2O4S/c;;5*1-5(2,3)4/h;;5*(H2,1,2,3,4)/q2*+3;;;;;/p-6. The molecule has 0 unspecified atom stereocenters. The molecule has 0 N–H and O–H groups in total. The van der Waals surface area contributed by atoms with Crippen molar-refractivity contribution < 1.29 is 93.3 Å². The summed E-state index contributed by atoms with van der Waals surface area (Å²) in [5, 5.41) is 0. The predicted octanol–water partition coefficient (Wildman–Crippen LogP) is -7.00. The maximum Gasteiger partial charge on any atom is 3.00 e. The summed E-state index contributed by atoms with van der Waals surface area (Å²) in [6, 6.07) is 0. The average Bonchev–Trinajstić information content (AvgIpc) is 1.79. The molecule has 0 bridgehead atoms. The molecule has 0 heterocycles. The molecule has 0 rings (SSSR count). The second kappa shape index (κ2) is 19.1. The Morgan fingerprint density at radius 2 is 0.296 bits per heavy atom. The molecule has 0 amide bonds. The SMILES string of the molecule is O=S(=O)([O-])[O-].O=S(=O)([O-])[O-].O=S(=O)([O-])[O-].O=S(=O)([O-])[O-].O=S(=O)([O-])[O-].[H+].[H+].[H+].[H+].[In+3].[In+3]. The number of hydrogen-bond donors (Lipinski definition) is 0. The second-order valence-corrected chi connectivity index (χ2v) is 6.12. The minimum atomic E-state index is -5.17. The molecule has 20 nitrogen and oxygen atoms in total. The Bertz CT molecular complexity index is 636. The first kappa shape index (κ1) is 46.3. The average molecular weight is 714 g/mol. The van der Waals surface area contributed by atoms with E-state index in [-0.39, 0.29) is 57.4 Å². The summed E-state index contributed by atoms with van der Waals surface area (Å²) in [6.45, 7) is 0. The summed E-state index contributed by atoms with van der Waals surface area (Å²) < 4.78 is 170. The molecular weight excluding hydrogens is 710 g/mol. The van der Waals surface area contributed by atoms with Crippen LogP contribution < -0.4 is 0 Å². The zero-order valence-corrected chi connectivity index (χ0v) is 22.0. The molecule has 27 heteroatoms. The van der Waals surface area contributed by atoms with Crippen LogP contribution >= 0.6 is 0 Å². The minimum absolute atomic E-state index is 0. The molecule has 160 valence electrons. The molecule has 0 aliphatic rings. The Hall–Kier alpha value is 1.09. The van der Waals surface area contributed by atoms with Crippen LogP contribution in [0.5, 0.6) is 0 Å². The van der Waals surface area contributed by atoms with Crippen molar-refractivity contribution in [1.29, 1.82) is 0 Å². The smallest absolute Gasteiger partial charge is 0.759 e.